The van der Waals surface area contributed by atoms with Gasteiger partial charge in [0.1, 0.15) is 0 Å². The number of amidine groups is 1. The van der Waals surface area contributed by atoms with E-state index in [1.807, 2.05) is 72.8 Å². The molecule has 0 spiro atoms. The summed E-state index contributed by atoms with van der Waals surface area (Å²) in [5.74, 6) is 0.0308. The van der Waals surface area contributed by atoms with Gasteiger partial charge in [0.2, 0.25) is 0 Å². The molecule has 0 radical (unpaired) electrons. The quantitative estimate of drug-likeness (QED) is 0.213. The molecule has 1 saturated heterocycles. The number of rotatable bonds is 10. The van der Waals surface area contributed by atoms with Crippen molar-refractivity contribution in [2.45, 2.75) is 13.0 Å². The first kappa shape index (κ1) is 27.7. The van der Waals surface area contributed by atoms with Crippen LogP contribution in [0.4, 0.5) is 5.69 Å². The van der Waals surface area contributed by atoms with Crippen molar-refractivity contribution in [3.8, 4) is 11.5 Å². The van der Waals surface area contributed by atoms with Gasteiger partial charge >= 0.3 is 5.97 Å². The lowest BCUT2D eigenvalue weighted by molar-refractivity contribution is -0.122. The van der Waals surface area contributed by atoms with Gasteiger partial charge in [-0.1, -0.05) is 66.7 Å². The molecule has 8 heteroatoms. The summed E-state index contributed by atoms with van der Waals surface area (Å²) in [4.78, 5) is 31.7. The van der Waals surface area contributed by atoms with E-state index in [4.69, 9.17) is 14.5 Å². The van der Waals surface area contributed by atoms with Crippen LogP contribution >= 0.6 is 11.8 Å². The van der Waals surface area contributed by atoms with Crippen LogP contribution < -0.4 is 9.47 Å². The van der Waals surface area contributed by atoms with Gasteiger partial charge < -0.3 is 14.6 Å². The summed E-state index contributed by atoms with van der Waals surface area (Å²) in [6, 6.07) is 31.7. The van der Waals surface area contributed by atoms with Crippen LogP contribution in [-0.4, -0.2) is 40.8 Å². The van der Waals surface area contributed by atoms with E-state index in [2.05, 4.69) is 12.1 Å². The minimum atomic E-state index is -0.996. The number of carbonyl (C=O) groups is 2. The lowest BCUT2D eigenvalue weighted by atomic mass is 10.1. The predicted molar refractivity (Wildman–Crippen MR) is 162 cm³/mol. The number of carboxylic acids is 1. The summed E-state index contributed by atoms with van der Waals surface area (Å²) in [5.41, 5.74) is 3.70. The number of aliphatic imine (C=N–C) groups is 1. The maximum atomic E-state index is 13.6. The summed E-state index contributed by atoms with van der Waals surface area (Å²) in [7, 11) is 1.59. The summed E-state index contributed by atoms with van der Waals surface area (Å²) in [6.45, 7) is 0.767. The Labute approximate surface area is 242 Å². The molecular formula is C33H28N2O5S. The van der Waals surface area contributed by atoms with Crippen molar-refractivity contribution in [3.63, 3.8) is 0 Å². The lowest BCUT2D eigenvalue weighted by Gasteiger charge is -2.16. The molecule has 0 bridgehead atoms. The van der Waals surface area contributed by atoms with Gasteiger partial charge in [-0.2, -0.15) is 0 Å². The number of aromatic carboxylic acids is 1. The van der Waals surface area contributed by atoms with Gasteiger partial charge in [-0.15, -0.1) is 0 Å². The molecule has 0 saturated carbocycles. The highest BCUT2D eigenvalue weighted by molar-refractivity contribution is 8.18. The Morgan fingerprint density at radius 1 is 0.902 bits per heavy atom. The number of nitrogens with zero attached hydrogens (tertiary/aromatic N) is 2. The van der Waals surface area contributed by atoms with Crippen molar-refractivity contribution in [3.05, 3.63) is 130 Å². The molecule has 1 amide bonds. The van der Waals surface area contributed by atoms with Gasteiger partial charge in [-0.25, -0.2) is 9.79 Å². The smallest absolute Gasteiger partial charge is 0.335 e. The fourth-order valence-corrected chi connectivity index (χ4v) is 5.25. The monoisotopic (exact) mass is 564 g/mol. The van der Waals surface area contributed by atoms with E-state index in [1.165, 1.54) is 29.5 Å². The summed E-state index contributed by atoms with van der Waals surface area (Å²) < 4.78 is 11.6. The molecule has 0 aliphatic carbocycles. The third kappa shape index (κ3) is 7.04. The largest absolute Gasteiger partial charge is 0.493 e. The molecule has 1 N–H and O–H groups in total. The molecule has 4 aromatic carbocycles. The number of carbonyl (C=O) groups excluding carboxylic acids is 1. The first-order valence-corrected chi connectivity index (χ1v) is 13.8. The maximum absolute atomic E-state index is 13.6. The van der Waals surface area contributed by atoms with Crippen LogP contribution in [0.2, 0.25) is 0 Å². The molecule has 4 aromatic rings. The minimum absolute atomic E-state index is 0.186. The van der Waals surface area contributed by atoms with E-state index >= 15 is 0 Å². The molecular weight excluding hydrogens is 536 g/mol. The number of ether oxygens (including phenoxy) is 2. The Morgan fingerprint density at radius 2 is 1.61 bits per heavy atom. The molecule has 206 valence electrons. The fourth-order valence-electron chi connectivity index (χ4n) is 4.25. The van der Waals surface area contributed by atoms with Crippen molar-refractivity contribution in [2.75, 3.05) is 13.7 Å². The van der Waals surface area contributed by atoms with Crippen LogP contribution in [-0.2, 0) is 17.8 Å². The third-order valence-corrected chi connectivity index (χ3v) is 7.39. The second-order valence-electron chi connectivity index (χ2n) is 9.23. The molecule has 1 aliphatic rings. The van der Waals surface area contributed by atoms with E-state index in [-0.39, 0.29) is 18.0 Å². The Morgan fingerprint density at radius 3 is 2.29 bits per heavy atom. The minimum Gasteiger partial charge on any atom is -0.493 e. The summed E-state index contributed by atoms with van der Waals surface area (Å²) in [6.07, 6.45) is 2.59. The van der Waals surface area contributed by atoms with E-state index < -0.39 is 5.97 Å². The van der Waals surface area contributed by atoms with Gasteiger partial charge in [-0.05, 0) is 70.9 Å². The zero-order chi connectivity index (χ0) is 28.6. The van der Waals surface area contributed by atoms with Crippen LogP contribution in [0.15, 0.2) is 113 Å². The standard InChI is InChI=1S/C33H28N2O5S/c1-39-29-20-25(14-17-28(29)40-19-18-23-8-4-2-5-9-23)21-30-31(36)35(22-24-12-15-26(16-13-24)32(37)38)33(41-30)34-27-10-6-3-7-11-27/h2-17,20-21H,18-19,22H2,1H3,(H,37,38)/b30-21-,34-33?. The van der Waals surface area contributed by atoms with Gasteiger partial charge in [0, 0.05) is 6.42 Å². The molecule has 1 heterocycles. The Balaban J connectivity index is 1.37. The topological polar surface area (TPSA) is 88.4 Å². The molecule has 7 nitrogen and oxygen atoms in total. The Hall–Kier alpha value is -4.82. The highest BCUT2D eigenvalue weighted by Gasteiger charge is 2.33. The van der Waals surface area contributed by atoms with Crippen molar-refractivity contribution in [2.24, 2.45) is 4.99 Å². The van der Waals surface area contributed by atoms with Crippen LogP contribution in [0.5, 0.6) is 11.5 Å². The average Bonchev–Trinajstić information content (AvgIpc) is 3.27. The molecule has 0 atom stereocenters. The SMILES string of the molecule is COc1cc(/C=C2\SC(=Nc3ccccc3)N(Cc3ccc(C(=O)O)cc3)C2=O)ccc1OCCc1ccccc1. The number of hydrogen-bond acceptors (Lipinski definition) is 6. The number of hydrogen-bond donors (Lipinski definition) is 1. The second-order valence-corrected chi connectivity index (χ2v) is 10.2. The molecule has 41 heavy (non-hydrogen) atoms. The third-order valence-electron chi connectivity index (χ3n) is 6.39. The summed E-state index contributed by atoms with van der Waals surface area (Å²) in [5, 5.41) is 9.76. The van der Waals surface area contributed by atoms with E-state index in [0.717, 1.165) is 23.2 Å². The fraction of sp³-hybridized carbons (Fsp3) is 0.121. The molecule has 0 aromatic heterocycles. The highest BCUT2D eigenvalue weighted by Crippen LogP contribution is 2.36. The average molecular weight is 565 g/mol. The molecule has 5 rings (SSSR count). The number of carboxylic acid groups (broad SMARTS) is 1. The second kappa shape index (κ2) is 13.0. The van der Waals surface area contributed by atoms with Crippen molar-refractivity contribution in [1.29, 1.82) is 0 Å². The Bertz CT molecular complexity index is 1590. The van der Waals surface area contributed by atoms with Gasteiger partial charge in [0.15, 0.2) is 16.7 Å². The Kier molecular flexibility index (Phi) is 8.81. The normalized spacial score (nSPS) is 15.0. The van der Waals surface area contributed by atoms with Gasteiger partial charge in [0.25, 0.3) is 5.91 Å². The number of thioether (sulfide) groups is 1. The molecule has 1 aliphatic heterocycles. The van der Waals surface area contributed by atoms with E-state index in [9.17, 15) is 14.7 Å². The predicted octanol–water partition coefficient (Wildman–Crippen LogP) is 6.82. The number of amides is 1. The van der Waals surface area contributed by atoms with Gasteiger partial charge in [0.05, 0.1) is 36.4 Å². The van der Waals surface area contributed by atoms with E-state index in [0.29, 0.717) is 28.2 Å². The van der Waals surface area contributed by atoms with Crippen molar-refractivity contribution < 1.29 is 24.2 Å². The zero-order valence-corrected chi connectivity index (χ0v) is 23.2. The van der Waals surface area contributed by atoms with Crippen molar-refractivity contribution in [1.82, 2.24) is 4.90 Å². The number of benzene rings is 4. The first-order valence-electron chi connectivity index (χ1n) is 13.0. The van der Waals surface area contributed by atoms with Crippen LogP contribution in [0.25, 0.3) is 6.08 Å². The van der Waals surface area contributed by atoms with Crippen LogP contribution in [0, 0.1) is 0 Å². The lowest BCUT2D eigenvalue weighted by Crippen LogP contribution is -2.28. The first-order chi connectivity index (χ1) is 20.0. The summed E-state index contributed by atoms with van der Waals surface area (Å²) >= 11 is 1.29. The van der Waals surface area contributed by atoms with Crippen molar-refractivity contribution >= 4 is 40.6 Å². The number of methoxy groups -OCH3 is 1. The highest BCUT2D eigenvalue weighted by atomic mass is 32.2. The van der Waals surface area contributed by atoms with E-state index in [1.54, 1.807) is 24.1 Å². The molecule has 0 unspecified atom stereocenters. The number of para-hydroxylation sites is 1. The van der Waals surface area contributed by atoms with Gasteiger partial charge in [-0.3, -0.25) is 9.69 Å². The van der Waals surface area contributed by atoms with Crippen LogP contribution in [0.3, 0.4) is 0 Å². The molecule has 1 fully saturated rings. The van der Waals surface area contributed by atoms with Crippen LogP contribution in [0.1, 0.15) is 27.0 Å². The maximum Gasteiger partial charge on any atom is 0.335 e. The zero-order valence-electron chi connectivity index (χ0n) is 22.4.